The molecule has 13 nitrogen and oxygen atoms in total. The largest absolute Gasteiger partial charge is 1.00 e. The first-order valence-corrected chi connectivity index (χ1v) is 10.8. The average molecular weight is 427 g/mol. The molecular weight excluding hydrogens is 423 g/mol. The molecule has 114 valence electrons. The molecule has 24 heavy (non-hydrogen) atoms. The van der Waals surface area contributed by atoms with Crippen molar-refractivity contribution in [3.63, 3.8) is 0 Å². The van der Waals surface area contributed by atoms with Gasteiger partial charge in [0.25, 0.3) is 7.82 Å². The van der Waals surface area contributed by atoms with Crippen LogP contribution in [0.4, 0.5) is 0 Å². The van der Waals surface area contributed by atoms with Crippen molar-refractivity contribution in [2.75, 3.05) is 0 Å². The van der Waals surface area contributed by atoms with Crippen molar-refractivity contribution in [1.82, 2.24) is 13.5 Å². The summed E-state index contributed by atoms with van der Waals surface area (Å²) in [4.78, 5) is 48.6. The van der Waals surface area contributed by atoms with Crippen LogP contribution in [0.1, 0.15) is 0 Å². The summed E-state index contributed by atoms with van der Waals surface area (Å²) in [6.07, 6.45) is 0. The van der Waals surface area contributed by atoms with Crippen LogP contribution < -0.4 is 119 Å². The molecule has 0 spiro atoms. The monoisotopic (exact) mass is 427 g/mol. The van der Waals surface area contributed by atoms with Gasteiger partial charge < -0.3 is 42.6 Å². The van der Waals surface area contributed by atoms with Gasteiger partial charge in [0.1, 0.15) is 8.51 Å². The normalized spacial score (nSPS) is 10.9. The molecule has 2 atom stereocenters. The van der Waals surface area contributed by atoms with E-state index in [1.165, 1.54) is 0 Å². The zero-order valence-corrected chi connectivity index (χ0v) is 18.9. The Kier molecular flexibility index (Phi) is 34.9. The van der Waals surface area contributed by atoms with E-state index in [2.05, 4.69) is 22.1 Å². The molecule has 1 heterocycles. The summed E-state index contributed by atoms with van der Waals surface area (Å²) in [5.41, 5.74) is 0. The molecule has 0 amide bonds. The van der Waals surface area contributed by atoms with Crippen LogP contribution in [0.25, 0.3) is 0 Å². The SMILES string of the molecule is O=P([O-])([O-])OP(=O)([O-])OP(=O)([O-])[O-].[Li+].[Li+].[Li+].[Li+].[Li+].n1p[nH][pH][nH][pH]1. The van der Waals surface area contributed by atoms with E-state index in [4.69, 9.17) is 0 Å². The van der Waals surface area contributed by atoms with E-state index in [1.54, 1.807) is 0 Å². The Morgan fingerprint density at radius 2 is 1.21 bits per heavy atom. The molecule has 0 saturated heterocycles. The van der Waals surface area contributed by atoms with Gasteiger partial charge in [-0.05, 0) is 0 Å². The number of H-pyrrole nitrogens is 2. The molecule has 0 saturated carbocycles. The minimum absolute atomic E-state index is 0. The van der Waals surface area contributed by atoms with Crippen LogP contribution in [0.15, 0.2) is 0 Å². The summed E-state index contributed by atoms with van der Waals surface area (Å²) in [5, 5.41) is 0. The Hall–Kier alpha value is 3.70. The first-order chi connectivity index (χ1) is 8.41. The number of phosphoric acid groups is 3. The Morgan fingerprint density at radius 3 is 1.33 bits per heavy atom. The number of nitrogens with zero attached hydrogens (tertiary/aromatic N) is 1. The van der Waals surface area contributed by atoms with Crippen LogP contribution >= 0.6 is 49.0 Å². The van der Waals surface area contributed by atoms with E-state index >= 15 is 0 Å². The second-order valence-electron chi connectivity index (χ2n) is 2.18. The van der Waals surface area contributed by atoms with Gasteiger partial charge in [-0.25, -0.2) is 0 Å². The fourth-order valence-electron chi connectivity index (χ4n) is 0.416. The van der Waals surface area contributed by atoms with Crippen LogP contribution in [0.5, 0.6) is 0 Å². The van der Waals surface area contributed by atoms with Gasteiger partial charge >= 0.3 is 94.3 Å². The maximum absolute atomic E-state index is 10.1. The summed E-state index contributed by atoms with van der Waals surface area (Å²) in [7, 11) is -15.5. The van der Waals surface area contributed by atoms with Crippen molar-refractivity contribution < 1.29 is 141 Å². The van der Waals surface area contributed by atoms with Gasteiger partial charge in [0.05, 0.1) is 15.6 Å². The molecule has 0 aliphatic carbocycles. The number of aromatic nitrogens is 3. The molecule has 24 heteroatoms. The summed E-state index contributed by atoms with van der Waals surface area (Å²) in [6.45, 7) is 0. The third-order valence-corrected chi connectivity index (χ3v) is 6.52. The minimum Gasteiger partial charge on any atom is -0.790 e. The fraction of sp³-hybridized carbons (Fsp3) is 0. The van der Waals surface area contributed by atoms with Crippen LogP contribution in [0.3, 0.4) is 0 Å². The second-order valence-corrected chi connectivity index (χ2v) is 9.54. The van der Waals surface area contributed by atoms with Gasteiger partial charge in [-0.15, -0.1) is 0 Å². The molecule has 2 unspecified atom stereocenters. The number of nitrogens with one attached hydrogen (secondary N) is 2. The number of rotatable bonds is 4. The quantitative estimate of drug-likeness (QED) is 0.339. The zero-order valence-electron chi connectivity index (χ0n) is 13.3. The van der Waals surface area contributed by atoms with E-state index in [0.29, 0.717) is 17.0 Å². The summed E-state index contributed by atoms with van der Waals surface area (Å²) >= 11 is 0. The Morgan fingerprint density at radius 1 is 0.833 bits per heavy atom. The first kappa shape index (κ1) is 41.9. The Balaban J connectivity index is -0.0000000641. The van der Waals surface area contributed by atoms with Crippen molar-refractivity contribution in [3.05, 3.63) is 0 Å². The molecule has 0 aliphatic rings. The van der Waals surface area contributed by atoms with E-state index in [-0.39, 0.29) is 94.3 Å². The molecule has 1 rings (SSSR count). The van der Waals surface area contributed by atoms with Crippen molar-refractivity contribution >= 4 is 49.0 Å². The molecule has 0 aromatic carbocycles. The van der Waals surface area contributed by atoms with Gasteiger partial charge in [0, 0.05) is 17.0 Å². The first-order valence-electron chi connectivity index (χ1n) is 3.59. The van der Waals surface area contributed by atoms with E-state index in [0.717, 1.165) is 8.51 Å². The molecule has 1 aromatic rings. The Labute approximate surface area is 201 Å². The second kappa shape index (κ2) is 20.0. The molecule has 0 radical (unpaired) electrons. The van der Waals surface area contributed by atoms with Gasteiger partial charge in [-0.1, -0.05) is 0 Å². The van der Waals surface area contributed by atoms with Crippen molar-refractivity contribution in [1.29, 1.82) is 0 Å². The third kappa shape index (κ3) is 33.3. The van der Waals surface area contributed by atoms with Crippen molar-refractivity contribution in [2.24, 2.45) is 0 Å². The van der Waals surface area contributed by atoms with E-state index < -0.39 is 23.5 Å². The predicted octanol–water partition coefficient (Wildman–Crippen LogP) is -17.3. The number of hydrogen-bond acceptors (Lipinski definition) is 11. The molecule has 0 aliphatic heterocycles. The topological polar surface area (TPSA) is 229 Å². The van der Waals surface area contributed by atoms with Crippen LogP contribution in [-0.4, -0.2) is 13.5 Å². The molecular formula is H4Li5N3O10P6. The fourth-order valence-corrected chi connectivity index (χ4v) is 5.41. The number of aromatic amines is 2. The smallest absolute Gasteiger partial charge is 0.790 e. The minimum atomic E-state index is -5.97. The van der Waals surface area contributed by atoms with Gasteiger partial charge in [0.15, 0.2) is 0 Å². The maximum atomic E-state index is 10.1. The van der Waals surface area contributed by atoms with Crippen molar-refractivity contribution in [3.8, 4) is 0 Å². The maximum Gasteiger partial charge on any atom is 1.00 e. The van der Waals surface area contributed by atoms with E-state index in [9.17, 15) is 38.2 Å². The van der Waals surface area contributed by atoms with E-state index in [1.807, 2.05) is 0 Å². The van der Waals surface area contributed by atoms with Gasteiger partial charge in [0.2, 0.25) is 0 Å². The molecule has 2 N–H and O–H groups in total. The Bertz CT molecular complexity index is 466. The van der Waals surface area contributed by atoms with Crippen molar-refractivity contribution in [2.45, 2.75) is 0 Å². The molecule has 0 bridgehead atoms. The summed E-state index contributed by atoms with van der Waals surface area (Å²) < 4.78 is 44.7. The standard InChI is InChI=1S/5Li.H4N3P3.H5O10P3/c;;;;;1-4-2-6-3-5-1;1-11(2,3)9-13(7,8)10-12(4,5)6/h;;;;;1,4-5H,(H,2,3);(H,7,8)(H2,1,2,3)(H2,4,5,6)/q5*+1;;/p-5. The summed E-state index contributed by atoms with van der Waals surface area (Å²) in [5.74, 6) is 0. The molecule has 1 aromatic heterocycles. The molecule has 0 fully saturated rings. The zero-order chi connectivity index (χ0) is 15.2. The third-order valence-electron chi connectivity index (χ3n) is 0.724. The van der Waals surface area contributed by atoms with Gasteiger partial charge in [-0.2, -0.15) is 4.51 Å². The predicted molar refractivity (Wildman–Crippen MR) is 57.1 cm³/mol. The average Bonchev–Trinajstić information content (AvgIpc) is 2.13. The van der Waals surface area contributed by atoms with Crippen LogP contribution in [0, 0.1) is 0 Å². The van der Waals surface area contributed by atoms with Crippen LogP contribution in [0.2, 0.25) is 0 Å². The summed E-state index contributed by atoms with van der Waals surface area (Å²) in [6, 6.07) is 0. The van der Waals surface area contributed by atoms with Gasteiger partial charge in [-0.3, -0.25) is 13.2 Å². The number of hydrogen-bond donors (Lipinski definition) is 2. The van der Waals surface area contributed by atoms with Crippen LogP contribution in [-0.2, 0) is 22.3 Å².